The Kier molecular flexibility index (Phi) is 6.43. The molecule has 1 saturated heterocycles. The number of hydrogen-bond acceptors (Lipinski definition) is 5. The van der Waals surface area contributed by atoms with Crippen LogP contribution in [0.25, 0.3) is 11.0 Å². The minimum Gasteiger partial charge on any atom is -0.368 e. The highest BCUT2D eigenvalue weighted by molar-refractivity contribution is 5.97. The molecule has 0 spiro atoms. The number of aromatic nitrogens is 3. The minimum atomic E-state index is -0.349. The van der Waals surface area contributed by atoms with Gasteiger partial charge in [0.25, 0.3) is 5.91 Å². The SMILES string of the molecule is Cc1ccc2c(c1)nc(C(=O)NCC(=O)N1CCN(c3ccncc3)CC1)n2Cc1ccccc1. The number of pyridine rings is 1. The molecule has 0 unspecified atom stereocenters. The zero-order chi connectivity index (χ0) is 24.2. The first-order valence-electron chi connectivity index (χ1n) is 11.8. The van der Waals surface area contributed by atoms with Gasteiger partial charge in [0.15, 0.2) is 5.82 Å². The largest absolute Gasteiger partial charge is 0.368 e. The van der Waals surface area contributed by atoms with E-state index >= 15 is 0 Å². The molecule has 1 N–H and O–H groups in total. The Morgan fingerprint density at radius 2 is 1.69 bits per heavy atom. The molecule has 3 heterocycles. The smallest absolute Gasteiger partial charge is 0.287 e. The lowest BCUT2D eigenvalue weighted by Gasteiger charge is -2.36. The van der Waals surface area contributed by atoms with Crippen LogP contribution in [-0.2, 0) is 11.3 Å². The first kappa shape index (κ1) is 22.6. The average Bonchev–Trinajstić information content (AvgIpc) is 3.25. The molecule has 178 valence electrons. The lowest BCUT2D eigenvalue weighted by molar-refractivity contribution is -0.130. The van der Waals surface area contributed by atoms with Gasteiger partial charge in [-0.25, -0.2) is 4.98 Å². The maximum absolute atomic E-state index is 13.2. The van der Waals surface area contributed by atoms with Crippen LogP contribution < -0.4 is 10.2 Å². The molecule has 8 heteroatoms. The fourth-order valence-electron chi connectivity index (χ4n) is 4.45. The number of rotatable bonds is 6. The van der Waals surface area contributed by atoms with Crippen LogP contribution in [0, 0.1) is 6.92 Å². The lowest BCUT2D eigenvalue weighted by atomic mass is 10.2. The second-order valence-corrected chi connectivity index (χ2v) is 8.76. The Labute approximate surface area is 204 Å². The summed E-state index contributed by atoms with van der Waals surface area (Å²) in [5.74, 6) is -0.127. The van der Waals surface area contributed by atoms with Crippen molar-refractivity contribution in [2.75, 3.05) is 37.6 Å². The number of amides is 2. The number of nitrogens with one attached hydrogen (secondary N) is 1. The van der Waals surface area contributed by atoms with Crippen LogP contribution in [0.1, 0.15) is 21.7 Å². The highest BCUT2D eigenvalue weighted by Crippen LogP contribution is 2.20. The van der Waals surface area contributed by atoms with Crippen LogP contribution in [0.15, 0.2) is 73.1 Å². The van der Waals surface area contributed by atoms with Crippen LogP contribution >= 0.6 is 0 Å². The summed E-state index contributed by atoms with van der Waals surface area (Å²) < 4.78 is 1.91. The van der Waals surface area contributed by atoms with Gasteiger partial charge in [0.2, 0.25) is 5.91 Å². The number of hydrogen-bond donors (Lipinski definition) is 1. The molecule has 8 nitrogen and oxygen atoms in total. The molecule has 5 rings (SSSR count). The van der Waals surface area contributed by atoms with E-state index in [0.717, 1.165) is 40.9 Å². The summed E-state index contributed by atoms with van der Waals surface area (Å²) in [6, 6.07) is 19.9. The molecular weight excluding hydrogens is 440 g/mol. The molecule has 0 atom stereocenters. The second kappa shape index (κ2) is 9.97. The second-order valence-electron chi connectivity index (χ2n) is 8.76. The molecule has 2 aromatic heterocycles. The number of nitrogens with zero attached hydrogens (tertiary/aromatic N) is 5. The van der Waals surface area contributed by atoms with E-state index < -0.39 is 0 Å². The minimum absolute atomic E-state index is 0.0539. The van der Waals surface area contributed by atoms with Crippen molar-refractivity contribution >= 4 is 28.5 Å². The zero-order valence-corrected chi connectivity index (χ0v) is 19.7. The summed E-state index contributed by atoms with van der Waals surface area (Å²) in [5, 5.41) is 2.81. The standard InChI is InChI=1S/C27H28N6O2/c1-20-7-8-24-23(17-20)30-26(33(24)19-21-5-3-2-4-6-21)27(35)29-18-25(34)32-15-13-31(14-16-32)22-9-11-28-12-10-22/h2-12,17H,13-16,18-19H2,1H3,(H,29,35). The highest BCUT2D eigenvalue weighted by Gasteiger charge is 2.23. The maximum Gasteiger partial charge on any atom is 0.287 e. The molecule has 0 radical (unpaired) electrons. The number of imidazole rings is 1. The Hall–Kier alpha value is -4.20. The van der Waals surface area contributed by atoms with Crippen molar-refractivity contribution in [1.29, 1.82) is 0 Å². The summed E-state index contributed by atoms with van der Waals surface area (Å²) in [7, 11) is 0. The van der Waals surface area contributed by atoms with Gasteiger partial charge in [0.05, 0.1) is 17.6 Å². The van der Waals surface area contributed by atoms with Crippen LogP contribution in [0.4, 0.5) is 5.69 Å². The van der Waals surface area contributed by atoms with E-state index in [9.17, 15) is 9.59 Å². The van der Waals surface area contributed by atoms with Crippen molar-refractivity contribution in [2.45, 2.75) is 13.5 Å². The van der Waals surface area contributed by atoms with Gasteiger partial charge < -0.3 is 19.7 Å². The van der Waals surface area contributed by atoms with E-state index in [1.807, 2.05) is 72.2 Å². The van der Waals surface area contributed by atoms with Gasteiger partial charge in [-0.15, -0.1) is 0 Å². The van der Waals surface area contributed by atoms with Crippen molar-refractivity contribution < 1.29 is 9.59 Å². The molecule has 2 aromatic carbocycles. The number of piperazine rings is 1. The third-order valence-electron chi connectivity index (χ3n) is 6.35. The number of carbonyl (C=O) groups excluding carboxylic acids is 2. The van der Waals surface area contributed by atoms with Crippen molar-refractivity contribution in [3.63, 3.8) is 0 Å². The summed E-state index contributed by atoms with van der Waals surface area (Å²) in [5.41, 5.74) is 4.92. The topological polar surface area (TPSA) is 83.4 Å². The molecule has 4 aromatic rings. The number of fused-ring (bicyclic) bond motifs is 1. The van der Waals surface area contributed by atoms with Crippen molar-refractivity contribution in [3.8, 4) is 0 Å². The van der Waals surface area contributed by atoms with Gasteiger partial charge in [-0.05, 0) is 42.3 Å². The fourth-order valence-corrected chi connectivity index (χ4v) is 4.45. The summed E-state index contributed by atoms with van der Waals surface area (Å²) in [6.07, 6.45) is 3.55. The third kappa shape index (κ3) is 5.01. The van der Waals surface area contributed by atoms with Crippen LogP contribution in [0.3, 0.4) is 0 Å². The van der Waals surface area contributed by atoms with E-state index in [4.69, 9.17) is 0 Å². The number of carbonyl (C=O) groups is 2. The van der Waals surface area contributed by atoms with E-state index in [-0.39, 0.29) is 18.4 Å². The normalized spacial score (nSPS) is 13.7. The molecule has 0 bridgehead atoms. The number of benzene rings is 2. The first-order valence-corrected chi connectivity index (χ1v) is 11.8. The number of anilines is 1. The molecule has 1 aliphatic heterocycles. The summed E-state index contributed by atoms with van der Waals surface area (Å²) in [4.78, 5) is 38.7. The Bertz CT molecular complexity index is 1330. The maximum atomic E-state index is 13.2. The zero-order valence-electron chi connectivity index (χ0n) is 19.7. The van der Waals surface area contributed by atoms with E-state index in [2.05, 4.69) is 20.2 Å². The van der Waals surface area contributed by atoms with Gasteiger partial charge in [-0.3, -0.25) is 14.6 Å². The molecule has 0 saturated carbocycles. The average molecular weight is 469 g/mol. The predicted octanol–water partition coefficient (Wildman–Crippen LogP) is 2.87. The lowest BCUT2D eigenvalue weighted by Crippen LogP contribution is -2.51. The van der Waals surface area contributed by atoms with Crippen molar-refractivity contribution in [1.82, 2.24) is 24.8 Å². The van der Waals surface area contributed by atoms with Crippen LogP contribution in [0.5, 0.6) is 0 Å². The molecule has 0 aliphatic carbocycles. The van der Waals surface area contributed by atoms with Gasteiger partial charge >= 0.3 is 0 Å². The predicted molar refractivity (Wildman–Crippen MR) is 135 cm³/mol. The van der Waals surface area contributed by atoms with Crippen molar-refractivity contribution in [2.24, 2.45) is 0 Å². The number of aryl methyl sites for hydroxylation is 1. The molecule has 1 aliphatic rings. The summed E-state index contributed by atoms with van der Waals surface area (Å²) >= 11 is 0. The Morgan fingerprint density at radius 3 is 2.43 bits per heavy atom. The first-order chi connectivity index (χ1) is 17.1. The van der Waals surface area contributed by atoms with Crippen LogP contribution in [0.2, 0.25) is 0 Å². The van der Waals surface area contributed by atoms with E-state index in [1.165, 1.54) is 0 Å². The van der Waals surface area contributed by atoms with Crippen molar-refractivity contribution in [3.05, 3.63) is 90.0 Å². The third-order valence-corrected chi connectivity index (χ3v) is 6.35. The Morgan fingerprint density at radius 1 is 0.943 bits per heavy atom. The van der Waals surface area contributed by atoms with E-state index in [0.29, 0.717) is 25.5 Å². The van der Waals surface area contributed by atoms with Gasteiger partial charge in [0, 0.05) is 50.8 Å². The summed E-state index contributed by atoms with van der Waals surface area (Å²) in [6.45, 7) is 5.19. The van der Waals surface area contributed by atoms with Gasteiger partial charge in [-0.1, -0.05) is 36.4 Å². The fraction of sp³-hybridized carbons (Fsp3) is 0.259. The van der Waals surface area contributed by atoms with Crippen LogP contribution in [-0.4, -0.2) is 64.0 Å². The monoisotopic (exact) mass is 468 g/mol. The Balaban J connectivity index is 1.26. The quantitative estimate of drug-likeness (QED) is 0.471. The molecule has 1 fully saturated rings. The molecular formula is C27H28N6O2. The van der Waals surface area contributed by atoms with Gasteiger partial charge in [-0.2, -0.15) is 0 Å². The molecule has 35 heavy (non-hydrogen) atoms. The highest BCUT2D eigenvalue weighted by atomic mass is 16.2. The molecule has 2 amide bonds. The van der Waals surface area contributed by atoms with Gasteiger partial charge in [0.1, 0.15) is 0 Å². The van der Waals surface area contributed by atoms with E-state index in [1.54, 1.807) is 17.3 Å².